The van der Waals surface area contributed by atoms with E-state index in [-0.39, 0.29) is 0 Å². The second-order valence-corrected chi connectivity index (χ2v) is 6.26. The van der Waals surface area contributed by atoms with Crippen LogP contribution in [0.25, 0.3) is 11.3 Å². The zero-order valence-electron chi connectivity index (χ0n) is 15.0. The van der Waals surface area contributed by atoms with Crippen LogP contribution in [0.2, 0.25) is 0 Å². The van der Waals surface area contributed by atoms with Crippen molar-refractivity contribution in [2.75, 3.05) is 5.32 Å². The average molecular weight is 387 g/mol. The smallest absolute Gasteiger partial charge is 0.267 e. The van der Waals surface area contributed by atoms with E-state index in [1.54, 1.807) is 0 Å². The lowest BCUT2D eigenvalue weighted by atomic mass is 10.1. The van der Waals surface area contributed by atoms with E-state index in [9.17, 15) is 22.8 Å². The molecule has 0 fully saturated rings. The Balaban J connectivity index is 1.89. The third-order valence-corrected chi connectivity index (χ3v) is 4.21. The number of nitrogens with one attached hydrogen (secondary N) is 1. The minimum Gasteiger partial charge on any atom is -0.322 e. The molecule has 8 heteroatoms. The van der Waals surface area contributed by atoms with Gasteiger partial charge in [0.15, 0.2) is 17.5 Å². The molecule has 3 aromatic rings. The van der Waals surface area contributed by atoms with Crippen molar-refractivity contribution in [2.24, 2.45) is 0 Å². The molecule has 2 aromatic carbocycles. The molecule has 28 heavy (non-hydrogen) atoms. The lowest BCUT2D eigenvalue weighted by Crippen LogP contribution is -2.33. The Hall–Kier alpha value is -3.42. The number of carbonyl (C=O) groups is 1. The van der Waals surface area contributed by atoms with Gasteiger partial charge in [-0.05, 0) is 32.0 Å². The maximum atomic E-state index is 13.8. The van der Waals surface area contributed by atoms with Crippen molar-refractivity contribution >= 4 is 11.6 Å². The van der Waals surface area contributed by atoms with E-state index in [1.165, 1.54) is 19.1 Å². The van der Waals surface area contributed by atoms with Gasteiger partial charge in [0.05, 0.1) is 11.4 Å². The maximum absolute atomic E-state index is 13.8. The standard InChI is InChI=1S/C20H16F3N3O2/c1-11-3-5-13(6-4-11)15-9-10-17(27)26(25-15)12(2)20(28)24-16-8-7-14(21)18(22)19(16)23/h3-10,12H,1-2H3,(H,24,28). The lowest BCUT2D eigenvalue weighted by Gasteiger charge is -2.15. The zero-order valence-corrected chi connectivity index (χ0v) is 15.0. The molecule has 1 N–H and O–H groups in total. The highest BCUT2D eigenvalue weighted by Gasteiger charge is 2.21. The normalized spacial score (nSPS) is 11.9. The van der Waals surface area contributed by atoms with E-state index in [2.05, 4.69) is 10.4 Å². The van der Waals surface area contributed by atoms with Gasteiger partial charge in [-0.3, -0.25) is 9.59 Å². The SMILES string of the molecule is Cc1ccc(-c2ccc(=O)n(C(C)C(=O)Nc3ccc(F)c(F)c3F)n2)cc1. The van der Waals surface area contributed by atoms with Gasteiger partial charge in [-0.15, -0.1) is 0 Å². The number of aromatic nitrogens is 2. The fourth-order valence-electron chi connectivity index (χ4n) is 2.55. The van der Waals surface area contributed by atoms with Crippen LogP contribution in [0.3, 0.4) is 0 Å². The fourth-order valence-corrected chi connectivity index (χ4v) is 2.55. The van der Waals surface area contributed by atoms with Gasteiger partial charge >= 0.3 is 0 Å². The molecule has 1 aromatic heterocycles. The van der Waals surface area contributed by atoms with Gasteiger partial charge in [-0.1, -0.05) is 29.8 Å². The molecule has 0 aliphatic carbocycles. The van der Waals surface area contributed by atoms with Crippen LogP contribution in [-0.4, -0.2) is 15.7 Å². The van der Waals surface area contributed by atoms with Crippen LogP contribution >= 0.6 is 0 Å². The predicted octanol–water partition coefficient (Wildman–Crippen LogP) is 3.84. The van der Waals surface area contributed by atoms with Crippen molar-refractivity contribution in [1.29, 1.82) is 0 Å². The minimum atomic E-state index is -1.69. The van der Waals surface area contributed by atoms with E-state index < -0.39 is 40.6 Å². The molecule has 0 spiro atoms. The van der Waals surface area contributed by atoms with Crippen molar-refractivity contribution < 1.29 is 18.0 Å². The molecule has 144 valence electrons. The van der Waals surface area contributed by atoms with Crippen molar-refractivity contribution in [2.45, 2.75) is 19.9 Å². The molecule has 0 aliphatic heterocycles. The van der Waals surface area contributed by atoms with E-state index >= 15 is 0 Å². The first-order valence-electron chi connectivity index (χ1n) is 8.39. The van der Waals surface area contributed by atoms with Gasteiger partial charge < -0.3 is 5.32 Å². The van der Waals surface area contributed by atoms with Crippen LogP contribution in [0.5, 0.6) is 0 Å². The first-order chi connectivity index (χ1) is 13.3. The Morgan fingerprint density at radius 3 is 2.36 bits per heavy atom. The second kappa shape index (κ2) is 7.67. The van der Waals surface area contributed by atoms with Gasteiger partial charge in [0.2, 0.25) is 5.91 Å². The first-order valence-corrected chi connectivity index (χ1v) is 8.39. The molecule has 0 aliphatic rings. The van der Waals surface area contributed by atoms with Crippen molar-refractivity contribution in [1.82, 2.24) is 9.78 Å². The second-order valence-electron chi connectivity index (χ2n) is 6.26. The molecule has 3 rings (SSSR count). The molecule has 0 saturated heterocycles. The Kier molecular flexibility index (Phi) is 5.30. The summed E-state index contributed by atoms with van der Waals surface area (Å²) in [6, 6.07) is 10.7. The molecule has 0 saturated carbocycles. The summed E-state index contributed by atoms with van der Waals surface area (Å²) in [4.78, 5) is 24.6. The number of benzene rings is 2. The summed E-state index contributed by atoms with van der Waals surface area (Å²) >= 11 is 0. The third kappa shape index (κ3) is 3.80. The topological polar surface area (TPSA) is 64.0 Å². The van der Waals surface area contributed by atoms with Gasteiger partial charge in [0.1, 0.15) is 6.04 Å². The highest BCUT2D eigenvalue weighted by atomic mass is 19.2. The first kappa shape index (κ1) is 19.3. The molecule has 0 bridgehead atoms. The zero-order chi connectivity index (χ0) is 20.4. The van der Waals surface area contributed by atoms with E-state index in [1.807, 2.05) is 31.2 Å². The van der Waals surface area contributed by atoms with Crippen LogP contribution < -0.4 is 10.9 Å². The summed E-state index contributed by atoms with van der Waals surface area (Å²) in [6.07, 6.45) is 0. The van der Waals surface area contributed by atoms with Gasteiger partial charge in [-0.2, -0.15) is 5.10 Å². The van der Waals surface area contributed by atoms with Crippen molar-refractivity contribution in [3.63, 3.8) is 0 Å². The third-order valence-electron chi connectivity index (χ3n) is 4.21. The average Bonchev–Trinajstić information content (AvgIpc) is 2.69. The molecular weight excluding hydrogens is 371 g/mol. The van der Waals surface area contributed by atoms with Gasteiger partial charge in [0.25, 0.3) is 5.56 Å². The quantitative estimate of drug-likeness (QED) is 0.692. The Labute approximate surface area is 158 Å². The van der Waals surface area contributed by atoms with Crippen molar-refractivity contribution in [3.05, 3.63) is 81.9 Å². The summed E-state index contributed by atoms with van der Waals surface area (Å²) in [5.41, 5.74) is 1.21. The Morgan fingerprint density at radius 1 is 1.00 bits per heavy atom. The lowest BCUT2D eigenvalue weighted by molar-refractivity contribution is -0.119. The molecule has 1 unspecified atom stereocenters. The highest BCUT2D eigenvalue weighted by Crippen LogP contribution is 2.21. The Morgan fingerprint density at radius 2 is 1.68 bits per heavy atom. The molecule has 1 atom stereocenters. The Bertz CT molecular complexity index is 1090. The minimum absolute atomic E-state index is 0.471. The maximum Gasteiger partial charge on any atom is 0.267 e. The van der Waals surface area contributed by atoms with Crippen LogP contribution in [-0.2, 0) is 4.79 Å². The van der Waals surface area contributed by atoms with Crippen LogP contribution in [0.15, 0.2) is 53.3 Å². The summed E-state index contributed by atoms with van der Waals surface area (Å²) in [5.74, 6) is -5.39. The fraction of sp³-hybridized carbons (Fsp3) is 0.150. The van der Waals surface area contributed by atoms with Crippen LogP contribution in [0.4, 0.5) is 18.9 Å². The van der Waals surface area contributed by atoms with Crippen LogP contribution in [0, 0.1) is 24.4 Å². The predicted molar refractivity (Wildman–Crippen MR) is 98.3 cm³/mol. The van der Waals surface area contributed by atoms with E-state index in [4.69, 9.17) is 0 Å². The number of anilines is 1. The van der Waals surface area contributed by atoms with E-state index in [0.717, 1.165) is 21.9 Å². The van der Waals surface area contributed by atoms with Gasteiger partial charge in [-0.25, -0.2) is 17.9 Å². The number of aryl methyl sites for hydroxylation is 1. The number of hydrogen-bond acceptors (Lipinski definition) is 3. The number of hydrogen-bond donors (Lipinski definition) is 1. The van der Waals surface area contributed by atoms with Gasteiger partial charge in [0, 0.05) is 11.6 Å². The number of halogens is 3. The number of carbonyl (C=O) groups excluding carboxylic acids is 1. The highest BCUT2D eigenvalue weighted by molar-refractivity contribution is 5.93. The number of amides is 1. The molecular formula is C20H16F3N3O2. The number of nitrogens with zero attached hydrogens (tertiary/aromatic N) is 2. The number of rotatable bonds is 4. The summed E-state index contributed by atoms with van der Waals surface area (Å²) in [6.45, 7) is 3.32. The van der Waals surface area contributed by atoms with E-state index in [0.29, 0.717) is 11.8 Å². The largest absolute Gasteiger partial charge is 0.322 e. The summed E-state index contributed by atoms with van der Waals surface area (Å²) < 4.78 is 41.1. The summed E-state index contributed by atoms with van der Waals surface area (Å²) in [7, 11) is 0. The van der Waals surface area contributed by atoms with Crippen LogP contribution in [0.1, 0.15) is 18.5 Å². The molecule has 5 nitrogen and oxygen atoms in total. The monoisotopic (exact) mass is 387 g/mol. The van der Waals surface area contributed by atoms with Crippen molar-refractivity contribution in [3.8, 4) is 11.3 Å². The molecule has 1 amide bonds. The summed E-state index contributed by atoms with van der Waals surface area (Å²) in [5, 5.41) is 6.35. The molecule has 0 radical (unpaired) electrons. The molecule has 1 heterocycles.